The van der Waals surface area contributed by atoms with E-state index in [1.807, 2.05) is 38.7 Å². The van der Waals surface area contributed by atoms with Crippen molar-refractivity contribution < 1.29 is 9.59 Å². The van der Waals surface area contributed by atoms with E-state index < -0.39 is 0 Å². The zero-order valence-electron chi connectivity index (χ0n) is 20.0. The molecule has 2 saturated carbocycles. The highest BCUT2D eigenvalue weighted by Crippen LogP contribution is 2.62. The molecule has 0 aromatic heterocycles. The smallest absolute Gasteiger partial charge is 0.222 e. The maximum atomic E-state index is 13.1. The van der Waals surface area contributed by atoms with E-state index in [1.54, 1.807) is 0 Å². The minimum Gasteiger partial charge on any atom is -0.343 e. The first kappa shape index (κ1) is 24.3. The van der Waals surface area contributed by atoms with Crippen LogP contribution in [0, 0.1) is 23.2 Å². The molecule has 4 rings (SSSR count). The van der Waals surface area contributed by atoms with E-state index in [2.05, 4.69) is 19.1 Å². The van der Waals surface area contributed by atoms with Crippen molar-refractivity contribution in [1.29, 1.82) is 0 Å². The minimum atomic E-state index is -0.186. The monoisotopic (exact) mass is 445 g/mol. The molecule has 3 unspecified atom stereocenters. The summed E-state index contributed by atoms with van der Waals surface area (Å²) in [5.74, 6) is 2.56. The topological polar surface area (TPSA) is 37.4 Å². The maximum Gasteiger partial charge on any atom is 0.222 e. The highest BCUT2D eigenvalue weighted by molar-refractivity contribution is 6.30. The number of carbonyl (C=O) groups is 2. The number of hydrogen-bond donors (Lipinski definition) is 0. The summed E-state index contributed by atoms with van der Waals surface area (Å²) in [6.07, 6.45) is 6.40. The molecule has 0 aliphatic heterocycles. The molecule has 2 fully saturated rings. The molecule has 0 bridgehead atoms. The molecule has 1 aromatic carbocycles. The van der Waals surface area contributed by atoms with Gasteiger partial charge in [0, 0.05) is 36.4 Å². The second-order valence-electron chi connectivity index (χ2n) is 9.63. The van der Waals surface area contributed by atoms with Gasteiger partial charge in [-0.05, 0) is 92.9 Å². The number of benzene rings is 1. The van der Waals surface area contributed by atoms with Gasteiger partial charge in [-0.25, -0.2) is 0 Å². The van der Waals surface area contributed by atoms with Crippen LogP contribution in [0.5, 0.6) is 0 Å². The number of nitrogens with zero attached hydrogens (tertiary/aromatic N) is 1. The first-order valence-electron chi connectivity index (χ1n) is 12.5. The fourth-order valence-electron chi connectivity index (χ4n) is 6.92. The van der Waals surface area contributed by atoms with Crippen molar-refractivity contribution >= 4 is 23.3 Å². The maximum absolute atomic E-state index is 13.1. The third kappa shape index (κ3) is 4.45. The number of hydrogen-bond acceptors (Lipinski definition) is 2. The average molecular weight is 446 g/mol. The Labute approximate surface area is 193 Å². The first-order valence-corrected chi connectivity index (χ1v) is 12.9. The number of fused-ring (bicyclic) bond motifs is 5. The summed E-state index contributed by atoms with van der Waals surface area (Å²) in [4.78, 5) is 27.6. The molecule has 0 radical (unpaired) electrons. The fraction of sp³-hybridized carbons (Fsp3) is 0.704. The lowest BCUT2D eigenvalue weighted by atomic mass is 9.54. The van der Waals surface area contributed by atoms with Crippen molar-refractivity contribution in [3.8, 4) is 0 Å². The summed E-state index contributed by atoms with van der Waals surface area (Å²) < 4.78 is 0. The molecule has 0 heterocycles. The van der Waals surface area contributed by atoms with Crippen molar-refractivity contribution in [2.24, 2.45) is 23.2 Å². The Hall–Kier alpha value is -1.35. The van der Waals surface area contributed by atoms with Crippen molar-refractivity contribution in [1.82, 2.24) is 4.90 Å². The van der Waals surface area contributed by atoms with Crippen LogP contribution in [0.25, 0.3) is 0 Å². The molecule has 3 aliphatic carbocycles. The molecule has 3 aliphatic rings. The van der Waals surface area contributed by atoms with Crippen molar-refractivity contribution in [3.05, 3.63) is 34.3 Å². The van der Waals surface area contributed by atoms with Gasteiger partial charge < -0.3 is 4.90 Å². The molecule has 1 aromatic rings. The van der Waals surface area contributed by atoms with Crippen LogP contribution in [-0.4, -0.2) is 29.7 Å². The van der Waals surface area contributed by atoms with Gasteiger partial charge in [0.2, 0.25) is 5.91 Å². The van der Waals surface area contributed by atoms with Crippen molar-refractivity contribution in [2.45, 2.75) is 85.5 Å². The summed E-state index contributed by atoms with van der Waals surface area (Å²) in [5, 5.41) is 0.826. The van der Waals surface area contributed by atoms with E-state index in [4.69, 9.17) is 11.6 Å². The van der Waals surface area contributed by atoms with E-state index in [1.165, 1.54) is 11.1 Å². The molecule has 3 nitrogen and oxygen atoms in total. The van der Waals surface area contributed by atoms with E-state index in [-0.39, 0.29) is 11.3 Å². The van der Waals surface area contributed by atoms with Crippen LogP contribution in [0.4, 0.5) is 0 Å². The van der Waals surface area contributed by atoms with E-state index in [9.17, 15) is 9.59 Å². The van der Waals surface area contributed by atoms with Crippen molar-refractivity contribution in [2.75, 3.05) is 13.1 Å². The van der Waals surface area contributed by atoms with E-state index in [0.29, 0.717) is 42.3 Å². The SMILES string of the molecule is CC.CCN(CC)C(=O)CC[C@@H]1CC(=O)[C@@]2(C)CCC3c4ccc(Cl)cc4CCC3C12. The molecular weight excluding hydrogens is 406 g/mol. The number of halogens is 1. The first-order chi connectivity index (χ1) is 14.9. The van der Waals surface area contributed by atoms with Gasteiger partial charge in [-0.1, -0.05) is 38.4 Å². The zero-order chi connectivity index (χ0) is 22.8. The summed E-state index contributed by atoms with van der Waals surface area (Å²) in [6.45, 7) is 11.8. The van der Waals surface area contributed by atoms with E-state index in [0.717, 1.165) is 50.2 Å². The van der Waals surface area contributed by atoms with Gasteiger partial charge in [0.1, 0.15) is 5.78 Å². The summed E-state index contributed by atoms with van der Waals surface area (Å²) >= 11 is 6.25. The number of aryl methyl sites for hydroxylation is 1. The molecule has 0 saturated heterocycles. The summed E-state index contributed by atoms with van der Waals surface area (Å²) in [5.41, 5.74) is 2.68. The Bertz CT molecular complexity index is 802. The largest absolute Gasteiger partial charge is 0.343 e. The lowest BCUT2D eigenvalue weighted by Crippen LogP contribution is -2.44. The molecule has 0 N–H and O–H groups in total. The molecule has 0 spiro atoms. The van der Waals surface area contributed by atoms with Crippen LogP contribution in [0.15, 0.2) is 18.2 Å². The van der Waals surface area contributed by atoms with Crippen LogP contribution in [0.3, 0.4) is 0 Å². The van der Waals surface area contributed by atoms with Crippen molar-refractivity contribution in [3.63, 3.8) is 0 Å². The second kappa shape index (κ2) is 10.1. The van der Waals surface area contributed by atoms with Gasteiger partial charge in [0.25, 0.3) is 0 Å². The second-order valence-corrected chi connectivity index (χ2v) is 10.1. The summed E-state index contributed by atoms with van der Waals surface area (Å²) in [6, 6.07) is 6.39. The van der Waals surface area contributed by atoms with Gasteiger partial charge in [0.05, 0.1) is 0 Å². The Morgan fingerprint density at radius 3 is 2.58 bits per heavy atom. The number of ketones is 1. The minimum absolute atomic E-state index is 0.186. The number of carbonyl (C=O) groups excluding carboxylic acids is 2. The molecule has 1 amide bonds. The number of rotatable bonds is 5. The fourth-order valence-corrected chi connectivity index (χ4v) is 7.11. The van der Waals surface area contributed by atoms with Crippen LogP contribution in [0.1, 0.15) is 90.2 Å². The molecule has 31 heavy (non-hydrogen) atoms. The zero-order valence-corrected chi connectivity index (χ0v) is 20.8. The summed E-state index contributed by atoms with van der Waals surface area (Å²) in [7, 11) is 0. The van der Waals surface area contributed by atoms with Crippen LogP contribution in [0.2, 0.25) is 5.02 Å². The van der Waals surface area contributed by atoms with Crippen LogP contribution < -0.4 is 0 Å². The third-order valence-corrected chi connectivity index (χ3v) is 8.61. The quantitative estimate of drug-likeness (QED) is 0.507. The highest BCUT2D eigenvalue weighted by atomic mass is 35.5. The lowest BCUT2D eigenvalue weighted by Gasteiger charge is -2.50. The third-order valence-electron chi connectivity index (χ3n) is 8.38. The average Bonchev–Trinajstić information content (AvgIpc) is 3.04. The van der Waals surface area contributed by atoms with Gasteiger partial charge in [-0.2, -0.15) is 0 Å². The predicted molar refractivity (Wildman–Crippen MR) is 128 cm³/mol. The normalized spacial score (nSPS) is 31.1. The van der Waals surface area contributed by atoms with Gasteiger partial charge in [-0.3, -0.25) is 9.59 Å². The van der Waals surface area contributed by atoms with Gasteiger partial charge in [0.15, 0.2) is 0 Å². The number of amides is 1. The molecule has 4 heteroatoms. The number of Topliss-reactive ketones (excluding diaryl/α,β-unsaturated/α-hetero) is 1. The molecule has 172 valence electrons. The molecular formula is C27H40ClNO2. The standard InChI is InChI=1S/C25H34ClNO2.C2H6/c1-4-27(5-2)23(29)11-7-17-15-22(28)25(3)13-12-20-19-10-8-18(26)14-16(19)6-9-21(20)24(17)25;1-2/h8,10,14,17,20-21,24H,4-7,9,11-13,15H2,1-3H3;1-2H3/t17-,20?,21?,24?,25-;/m1./s1. The van der Waals surface area contributed by atoms with Gasteiger partial charge >= 0.3 is 0 Å². The van der Waals surface area contributed by atoms with Crippen LogP contribution >= 0.6 is 11.6 Å². The Morgan fingerprint density at radius 1 is 1.19 bits per heavy atom. The van der Waals surface area contributed by atoms with Gasteiger partial charge in [-0.15, -0.1) is 0 Å². The Balaban J connectivity index is 0.00000132. The van der Waals surface area contributed by atoms with Crippen LogP contribution in [-0.2, 0) is 16.0 Å². The lowest BCUT2D eigenvalue weighted by molar-refractivity contribution is -0.131. The Morgan fingerprint density at radius 2 is 1.90 bits per heavy atom. The predicted octanol–water partition coefficient (Wildman–Crippen LogP) is 6.67. The molecule has 5 atom stereocenters. The Kier molecular flexibility index (Phi) is 7.89. The highest BCUT2D eigenvalue weighted by Gasteiger charge is 2.58. The van der Waals surface area contributed by atoms with E-state index >= 15 is 0 Å².